The number of rotatable bonds is 4. The minimum absolute atomic E-state index is 0.00263. The first kappa shape index (κ1) is 14.3. The van der Waals surface area contributed by atoms with Crippen LogP contribution in [0.25, 0.3) is 0 Å². The molecule has 3 N–H and O–H groups in total. The van der Waals surface area contributed by atoms with E-state index in [4.69, 9.17) is 9.84 Å². The molecule has 0 radical (unpaired) electrons. The number of pyridine rings is 1. The second kappa shape index (κ2) is 5.91. The summed E-state index contributed by atoms with van der Waals surface area (Å²) in [5, 5.41) is 21.2. The minimum atomic E-state index is -1.21. The Bertz CT molecular complexity index is 700. The topological polar surface area (TPSA) is 109 Å². The van der Waals surface area contributed by atoms with E-state index in [0.29, 0.717) is 5.75 Å². The Kier molecular flexibility index (Phi) is 4.03. The molecule has 0 unspecified atom stereocenters. The molecule has 7 nitrogen and oxygen atoms in total. The standard InChI is InChI=1S/C14H12N2O5/c1-21-8-2-3-11(10(6-8)14(19)20)16-13(18)9-4-5-15-7-12(9)17/h2-7,17H,1H3,(H,16,18)(H,19,20). The maximum Gasteiger partial charge on any atom is 0.337 e. The molecule has 2 aromatic rings. The van der Waals surface area contributed by atoms with E-state index in [1.54, 1.807) is 0 Å². The maximum absolute atomic E-state index is 12.0. The molecule has 0 spiro atoms. The second-order valence-electron chi connectivity index (χ2n) is 4.06. The lowest BCUT2D eigenvalue weighted by atomic mass is 10.1. The summed E-state index contributed by atoms with van der Waals surface area (Å²) in [7, 11) is 1.41. The van der Waals surface area contributed by atoms with Gasteiger partial charge in [0.2, 0.25) is 0 Å². The van der Waals surface area contributed by atoms with Crippen molar-refractivity contribution in [2.45, 2.75) is 0 Å². The maximum atomic E-state index is 12.0. The first-order chi connectivity index (χ1) is 10.0. The highest BCUT2D eigenvalue weighted by molar-refractivity contribution is 6.09. The first-order valence-corrected chi connectivity index (χ1v) is 5.88. The van der Waals surface area contributed by atoms with Crippen LogP contribution in [-0.2, 0) is 0 Å². The highest BCUT2D eigenvalue weighted by atomic mass is 16.5. The number of methoxy groups -OCH3 is 1. The molecule has 1 aromatic carbocycles. The fourth-order valence-corrected chi connectivity index (χ4v) is 1.70. The summed E-state index contributed by atoms with van der Waals surface area (Å²) < 4.78 is 4.94. The summed E-state index contributed by atoms with van der Waals surface area (Å²) >= 11 is 0. The van der Waals surface area contributed by atoms with Crippen LogP contribution in [0.4, 0.5) is 5.69 Å². The monoisotopic (exact) mass is 288 g/mol. The first-order valence-electron chi connectivity index (χ1n) is 5.88. The highest BCUT2D eigenvalue weighted by Gasteiger charge is 2.16. The van der Waals surface area contributed by atoms with Crippen LogP contribution >= 0.6 is 0 Å². The molecule has 0 saturated heterocycles. The van der Waals surface area contributed by atoms with Gasteiger partial charge in [-0.25, -0.2) is 4.79 Å². The number of hydrogen-bond acceptors (Lipinski definition) is 5. The molecule has 0 aliphatic rings. The molecule has 0 aliphatic heterocycles. The Morgan fingerprint density at radius 3 is 2.62 bits per heavy atom. The van der Waals surface area contributed by atoms with Crippen molar-refractivity contribution in [3.63, 3.8) is 0 Å². The third kappa shape index (κ3) is 3.08. The highest BCUT2D eigenvalue weighted by Crippen LogP contribution is 2.24. The number of carbonyl (C=O) groups is 2. The fraction of sp³-hybridized carbons (Fsp3) is 0.0714. The van der Waals surface area contributed by atoms with Crippen molar-refractivity contribution in [3.8, 4) is 11.5 Å². The lowest BCUT2D eigenvalue weighted by molar-refractivity contribution is 0.0697. The molecule has 0 aliphatic carbocycles. The van der Waals surface area contributed by atoms with Gasteiger partial charge in [-0.1, -0.05) is 0 Å². The Labute approximate surface area is 119 Å². The third-order valence-electron chi connectivity index (χ3n) is 2.75. The Morgan fingerprint density at radius 2 is 2.00 bits per heavy atom. The minimum Gasteiger partial charge on any atom is -0.505 e. The van der Waals surface area contributed by atoms with Crippen LogP contribution in [0, 0.1) is 0 Å². The molecule has 0 bridgehead atoms. The van der Waals surface area contributed by atoms with E-state index < -0.39 is 11.9 Å². The fourth-order valence-electron chi connectivity index (χ4n) is 1.70. The largest absolute Gasteiger partial charge is 0.505 e. The molecule has 1 amide bonds. The number of amides is 1. The van der Waals surface area contributed by atoms with Crippen LogP contribution in [0.5, 0.6) is 11.5 Å². The van der Waals surface area contributed by atoms with Gasteiger partial charge < -0.3 is 20.3 Å². The number of aromatic nitrogens is 1. The molecule has 2 rings (SSSR count). The molecule has 0 atom stereocenters. The number of hydrogen-bond donors (Lipinski definition) is 3. The number of benzene rings is 1. The molecule has 1 aromatic heterocycles. The van der Waals surface area contributed by atoms with Gasteiger partial charge in [0, 0.05) is 6.20 Å². The van der Waals surface area contributed by atoms with Gasteiger partial charge >= 0.3 is 5.97 Å². The number of anilines is 1. The van der Waals surface area contributed by atoms with Crippen LogP contribution in [0.2, 0.25) is 0 Å². The third-order valence-corrected chi connectivity index (χ3v) is 2.75. The van der Waals surface area contributed by atoms with Crippen LogP contribution in [0.15, 0.2) is 36.7 Å². The average Bonchev–Trinajstić information content (AvgIpc) is 2.47. The van der Waals surface area contributed by atoms with E-state index in [1.807, 2.05) is 0 Å². The number of carboxylic acids is 1. The van der Waals surface area contributed by atoms with Crippen molar-refractivity contribution in [1.29, 1.82) is 0 Å². The van der Waals surface area contributed by atoms with Crippen LogP contribution in [-0.4, -0.2) is 34.2 Å². The van der Waals surface area contributed by atoms with Gasteiger partial charge in [-0.05, 0) is 24.3 Å². The molecule has 7 heteroatoms. The molecule has 0 fully saturated rings. The summed E-state index contributed by atoms with van der Waals surface area (Å²) in [5.74, 6) is -1.77. The van der Waals surface area contributed by atoms with Crippen LogP contribution < -0.4 is 10.1 Å². The van der Waals surface area contributed by atoms with Crippen LogP contribution in [0.1, 0.15) is 20.7 Å². The van der Waals surface area contributed by atoms with Gasteiger partial charge in [-0.15, -0.1) is 0 Å². The Morgan fingerprint density at radius 1 is 1.24 bits per heavy atom. The van der Waals surface area contributed by atoms with E-state index in [9.17, 15) is 14.7 Å². The summed E-state index contributed by atoms with van der Waals surface area (Å²) in [6.07, 6.45) is 2.47. The second-order valence-corrected chi connectivity index (χ2v) is 4.06. The van der Waals surface area contributed by atoms with Crippen molar-refractivity contribution in [1.82, 2.24) is 4.98 Å². The predicted octanol–water partition coefficient (Wildman–Crippen LogP) is 1.75. The zero-order valence-electron chi connectivity index (χ0n) is 11.0. The van der Waals surface area contributed by atoms with Gasteiger partial charge in [0.1, 0.15) is 11.5 Å². The smallest absolute Gasteiger partial charge is 0.337 e. The summed E-state index contributed by atoms with van der Waals surface area (Å²) in [6.45, 7) is 0. The number of aromatic carboxylic acids is 1. The number of nitrogens with zero attached hydrogens (tertiary/aromatic N) is 1. The average molecular weight is 288 g/mol. The van der Waals surface area contributed by atoms with E-state index in [0.717, 1.165) is 6.20 Å². The van der Waals surface area contributed by atoms with Gasteiger partial charge in [-0.2, -0.15) is 0 Å². The summed E-state index contributed by atoms with van der Waals surface area (Å²) in [4.78, 5) is 26.9. The van der Waals surface area contributed by atoms with Crippen molar-refractivity contribution in [2.75, 3.05) is 12.4 Å². The Balaban J connectivity index is 2.33. The summed E-state index contributed by atoms with van der Waals surface area (Å²) in [6, 6.07) is 5.56. The molecule has 21 heavy (non-hydrogen) atoms. The van der Waals surface area contributed by atoms with E-state index in [1.165, 1.54) is 37.6 Å². The lowest BCUT2D eigenvalue weighted by Gasteiger charge is -2.10. The quantitative estimate of drug-likeness (QED) is 0.790. The van der Waals surface area contributed by atoms with Crippen molar-refractivity contribution >= 4 is 17.6 Å². The lowest BCUT2D eigenvalue weighted by Crippen LogP contribution is -2.15. The number of carbonyl (C=O) groups excluding carboxylic acids is 1. The van der Waals surface area contributed by atoms with Gasteiger partial charge in [0.05, 0.1) is 30.1 Å². The van der Waals surface area contributed by atoms with E-state index >= 15 is 0 Å². The number of ether oxygens (including phenoxy) is 1. The van der Waals surface area contributed by atoms with Gasteiger partial charge in [0.25, 0.3) is 5.91 Å². The van der Waals surface area contributed by atoms with Crippen LogP contribution in [0.3, 0.4) is 0 Å². The van der Waals surface area contributed by atoms with Gasteiger partial charge in [0.15, 0.2) is 0 Å². The zero-order chi connectivity index (χ0) is 15.4. The number of nitrogens with one attached hydrogen (secondary N) is 1. The SMILES string of the molecule is COc1ccc(NC(=O)c2ccncc2O)c(C(=O)O)c1. The molecular weight excluding hydrogens is 276 g/mol. The van der Waals surface area contributed by atoms with E-state index in [-0.39, 0.29) is 22.6 Å². The van der Waals surface area contributed by atoms with Gasteiger partial charge in [-0.3, -0.25) is 9.78 Å². The normalized spacial score (nSPS) is 9.95. The molecule has 1 heterocycles. The predicted molar refractivity (Wildman–Crippen MR) is 73.8 cm³/mol. The van der Waals surface area contributed by atoms with E-state index in [2.05, 4.69) is 10.3 Å². The number of carboxylic acid groups (broad SMARTS) is 1. The van der Waals surface area contributed by atoms with Crippen molar-refractivity contribution in [2.24, 2.45) is 0 Å². The number of aromatic hydroxyl groups is 1. The Hall–Kier alpha value is -3.09. The molecular formula is C14H12N2O5. The zero-order valence-corrected chi connectivity index (χ0v) is 11.0. The van der Waals surface area contributed by atoms with Crippen molar-refractivity contribution in [3.05, 3.63) is 47.8 Å². The molecule has 0 saturated carbocycles. The summed E-state index contributed by atoms with van der Waals surface area (Å²) in [5.41, 5.74) is -0.0158. The molecule has 108 valence electrons. The van der Waals surface area contributed by atoms with Crippen molar-refractivity contribution < 1.29 is 24.5 Å².